The molecule has 1 aliphatic rings. The van der Waals surface area contributed by atoms with Gasteiger partial charge in [-0.2, -0.15) is 0 Å². The van der Waals surface area contributed by atoms with Crippen molar-refractivity contribution in [3.8, 4) is 0 Å². The van der Waals surface area contributed by atoms with Gasteiger partial charge in [0, 0.05) is 9.13 Å². The number of ether oxygens (including phenoxy) is 2. The molecule has 3 nitrogen and oxygen atoms in total. The van der Waals surface area contributed by atoms with E-state index < -0.39 is 0 Å². The fourth-order valence-corrected chi connectivity index (χ4v) is 3.50. The van der Waals surface area contributed by atoms with Gasteiger partial charge >= 0.3 is 0 Å². The first-order chi connectivity index (χ1) is 9.25. The Labute approximate surface area is 128 Å². The molecule has 0 radical (unpaired) electrons. The van der Waals surface area contributed by atoms with E-state index in [1.165, 1.54) is 11.3 Å². The Hall–Kier alpha value is -0.760. The highest BCUT2D eigenvalue weighted by Gasteiger charge is 2.22. The summed E-state index contributed by atoms with van der Waals surface area (Å²) in [5.74, 6) is 0.0549. The molecule has 3 rings (SSSR count). The number of rotatable bonds is 3. The van der Waals surface area contributed by atoms with Crippen LogP contribution < -0.4 is 0 Å². The molecule has 2 heterocycles. The summed E-state index contributed by atoms with van der Waals surface area (Å²) in [5, 5.41) is 0. The molecule has 19 heavy (non-hydrogen) atoms. The SMILES string of the molecule is O=C(c1ccc(C2OCCO2)s1)c1ccccc1I. The molecule has 0 spiro atoms. The molecular weight excluding hydrogens is 375 g/mol. The van der Waals surface area contributed by atoms with Crippen LogP contribution in [0.5, 0.6) is 0 Å². The predicted molar refractivity (Wildman–Crippen MR) is 81.6 cm³/mol. The molecule has 5 heteroatoms. The van der Waals surface area contributed by atoms with Crippen molar-refractivity contribution in [2.45, 2.75) is 6.29 Å². The number of carbonyl (C=O) groups excluding carboxylic acids is 1. The van der Waals surface area contributed by atoms with E-state index in [0.717, 1.165) is 18.9 Å². The number of ketones is 1. The van der Waals surface area contributed by atoms with Crippen LogP contribution in [0.1, 0.15) is 26.4 Å². The molecule has 0 saturated carbocycles. The van der Waals surface area contributed by atoms with E-state index in [4.69, 9.17) is 9.47 Å². The second-order valence-electron chi connectivity index (χ2n) is 4.08. The average Bonchev–Trinajstić information content (AvgIpc) is 3.09. The number of carbonyl (C=O) groups is 1. The van der Waals surface area contributed by atoms with Crippen LogP contribution in [0.4, 0.5) is 0 Å². The Morgan fingerprint density at radius 1 is 1.16 bits per heavy atom. The average molecular weight is 386 g/mol. The van der Waals surface area contributed by atoms with Gasteiger partial charge in [-0.15, -0.1) is 11.3 Å². The van der Waals surface area contributed by atoms with E-state index in [-0.39, 0.29) is 12.1 Å². The number of hydrogen-bond acceptors (Lipinski definition) is 4. The van der Waals surface area contributed by atoms with Crippen molar-refractivity contribution in [2.75, 3.05) is 13.2 Å². The van der Waals surface area contributed by atoms with E-state index in [1.807, 2.05) is 36.4 Å². The second kappa shape index (κ2) is 5.70. The number of thiophene rings is 1. The zero-order chi connectivity index (χ0) is 13.2. The summed E-state index contributed by atoms with van der Waals surface area (Å²) in [6.07, 6.45) is -0.304. The van der Waals surface area contributed by atoms with Crippen LogP contribution in [-0.4, -0.2) is 19.0 Å². The Morgan fingerprint density at radius 2 is 1.89 bits per heavy atom. The minimum Gasteiger partial charge on any atom is -0.345 e. The molecule has 1 fully saturated rings. The fraction of sp³-hybridized carbons (Fsp3) is 0.214. The molecule has 0 bridgehead atoms. The summed E-state index contributed by atoms with van der Waals surface area (Å²) >= 11 is 3.62. The summed E-state index contributed by atoms with van der Waals surface area (Å²) in [6, 6.07) is 11.4. The Bertz CT molecular complexity index is 602. The zero-order valence-electron chi connectivity index (χ0n) is 9.97. The van der Waals surface area contributed by atoms with Crippen LogP contribution in [0.15, 0.2) is 36.4 Å². The molecule has 0 N–H and O–H groups in total. The molecule has 2 aromatic rings. The standard InChI is InChI=1S/C14H11IO3S/c15-10-4-2-1-3-9(10)13(16)11-5-6-12(19-11)14-17-7-8-18-14/h1-6,14H,7-8H2. The van der Waals surface area contributed by atoms with Crippen LogP contribution in [0.3, 0.4) is 0 Å². The third-order valence-corrected chi connectivity index (χ3v) is 4.87. The molecule has 0 atom stereocenters. The third-order valence-electron chi connectivity index (χ3n) is 2.82. The molecule has 0 aliphatic carbocycles. The van der Waals surface area contributed by atoms with Gasteiger partial charge in [-0.25, -0.2) is 0 Å². The first kappa shape index (κ1) is 13.2. The highest BCUT2D eigenvalue weighted by molar-refractivity contribution is 14.1. The Balaban J connectivity index is 1.86. The highest BCUT2D eigenvalue weighted by atomic mass is 127. The first-order valence-corrected chi connectivity index (χ1v) is 7.77. The van der Waals surface area contributed by atoms with Crippen molar-refractivity contribution in [3.05, 3.63) is 55.3 Å². The summed E-state index contributed by atoms with van der Waals surface area (Å²) in [5.41, 5.74) is 0.741. The quantitative estimate of drug-likeness (QED) is 0.597. The van der Waals surface area contributed by atoms with Crippen LogP contribution in [0.2, 0.25) is 0 Å². The molecule has 0 amide bonds. The minimum atomic E-state index is -0.304. The van der Waals surface area contributed by atoms with Crippen molar-refractivity contribution >= 4 is 39.7 Å². The summed E-state index contributed by atoms with van der Waals surface area (Å²) in [6.45, 7) is 1.23. The lowest BCUT2D eigenvalue weighted by Gasteiger charge is -2.05. The smallest absolute Gasteiger partial charge is 0.204 e. The van der Waals surface area contributed by atoms with Crippen molar-refractivity contribution in [1.29, 1.82) is 0 Å². The molecule has 98 valence electrons. The third kappa shape index (κ3) is 2.74. The van der Waals surface area contributed by atoms with Gasteiger partial charge in [-0.1, -0.05) is 12.1 Å². The Kier molecular flexibility index (Phi) is 3.97. The second-order valence-corrected chi connectivity index (χ2v) is 6.36. The van der Waals surface area contributed by atoms with Crippen LogP contribution in [-0.2, 0) is 9.47 Å². The lowest BCUT2D eigenvalue weighted by molar-refractivity contribution is -0.0413. The van der Waals surface area contributed by atoms with Gasteiger partial charge in [0.1, 0.15) is 0 Å². The van der Waals surface area contributed by atoms with Crippen molar-refractivity contribution < 1.29 is 14.3 Å². The van der Waals surface area contributed by atoms with E-state index >= 15 is 0 Å². The summed E-state index contributed by atoms with van der Waals surface area (Å²) in [4.78, 5) is 14.1. The monoisotopic (exact) mass is 386 g/mol. The lowest BCUT2D eigenvalue weighted by Crippen LogP contribution is -2.00. The maximum absolute atomic E-state index is 12.4. The van der Waals surface area contributed by atoms with Crippen LogP contribution >= 0.6 is 33.9 Å². The van der Waals surface area contributed by atoms with Gasteiger partial charge in [0.2, 0.25) is 5.78 Å². The van der Waals surface area contributed by atoms with Crippen molar-refractivity contribution in [3.63, 3.8) is 0 Å². The number of hydrogen-bond donors (Lipinski definition) is 0. The van der Waals surface area contributed by atoms with E-state index in [2.05, 4.69) is 22.6 Å². The molecule has 1 aromatic carbocycles. The van der Waals surface area contributed by atoms with E-state index in [1.54, 1.807) is 0 Å². The van der Waals surface area contributed by atoms with E-state index in [0.29, 0.717) is 13.2 Å². The normalized spacial score (nSPS) is 15.8. The van der Waals surface area contributed by atoms with Gasteiger partial charge < -0.3 is 9.47 Å². The maximum Gasteiger partial charge on any atom is 0.204 e. The van der Waals surface area contributed by atoms with Crippen LogP contribution in [0, 0.1) is 3.57 Å². The van der Waals surface area contributed by atoms with Crippen LogP contribution in [0.25, 0.3) is 0 Å². The van der Waals surface area contributed by atoms with Gasteiger partial charge in [-0.3, -0.25) is 4.79 Å². The topological polar surface area (TPSA) is 35.5 Å². The molecule has 0 unspecified atom stereocenters. The minimum absolute atomic E-state index is 0.0549. The van der Waals surface area contributed by atoms with Crippen molar-refractivity contribution in [2.24, 2.45) is 0 Å². The highest BCUT2D eigenvalue weighted by Crippen LogP contribution is 2.31. The lowest BCUT2D eigenvalue weighted by atomic mass is 10.1. The zero-order valence-corrected chi connectivity index (χ0v) is 12.9. The molecule has 1 saturated heterocycles. The predicted octanol–water partition coefficient (Wildman–Crippen LogP) is 3.63. The number of halogens is 1. The first-order valence-electron chi connectivity index (χ1n) is 5.88. The molecule has 1 aromatic heterocycles. The summed E-state index contributed by atoms with van der Waals surface area (Å²) < 4.78 is 11.8. The molecule has 1 aliphatic heterocycles. The van der Waals surface area contributed by atoms with Crippen molar-refractivity contribution in [1.82, 2.24) is 0 Å². The van der Waals surface area contributed by atoms with Gasteiger partial charge in [0.05, 0.1) is 23.0 Å². The summed E-state index contributed by atoms with van der Waals surface area (Å²) in [7, 11) is 0. The largest absolute Gasteiger partial charge is 0.345 e. The fourth-order valence-electron chi connectivity index (χ4n) is 1.90. The van der Waals surface area contributed by atoms with Gasteiger partial charge in [0.15, 0.2) is 6.29 Å². The van der Waals surface area contributed by atoms with Gasteiger partial charge in [-0.05, 0) is 46.9 Å². The van der Waals surface area contributed by atoms with Gasteiger partial charge in [0.25, 0.3) is 0 Å². The maximum atomic E-state index is 12.4. The molecular formula is C14H11IO3S. The van der Waals surface area contributed by atoms with E-state index in [9.17, 15) is 4.79 Å². The number of benzene rings is 1. The Morgan fingerprint density at radius 3 is 2.63 bits per heavy atom.